The number of hydrogen-bond donors (Lipinski definition) is 1. The zero-order valence-corrected chi connectivity index (χ0v) is 26.3. The van der Waals surface area contributed by atoms with Gasteiger partial charge in [-0.05, 0) is 80.2 Å². The molecule has 2 unspecified atom stereocenters. The van der Waals surface area contributed by atoms with E-state index >= 15 is 0 Å². The fraction of sp³-hybridized carbons (Fsp3) is 0.667. The molecule has 0 aromatic heterocycles. The van der Waals surface area contributed by atoms with Crippen LogP contribution in [0.5, 0.6) is 0 Å². The first-order valence-corrected chi connectivity index (χ1v) is 16.2. The van der Waals surface area contributed by atoms with Gasteiger partial charge < -0.3 is 19.3 Å². The minimum atomic E-state index is -0.994. The van der Waals surface area contributed by atoms with Gasteiger partial charge in [0, 0.05) is 7.11 Å². The average molecular weight is 583 g/mol. The molecule has 1 aromatic carbocycles. The summed E-state index contributed by atoms with van der Waals surface area (Å²) in [6.45, 7) is 11.2. The Labute approximate surface area is 253 Å². The van der Waals surface area contributed by atoms with Gasteiger partial charge in [0.05, 0.1) is 29.8 Å². The lowest BCUT2D eigenvalue weighted by molar-refractivity contribution is -0.143. The van der Waals surface area contributed by atoms with Crippen LogP contribution < -0.4 is 0 Å². The molecule has 1 N–H and O–H groups in total. The number of benzene rings is 1. The second-order valence-electron chi connectivity index (χ2n) is 12.7. The minimum Gasteiger partial charge on any atom is -0.461 e. The van der Waals surface area contributed by atoms with Gasteiger partial charge in [0.15, 0.2) is 0 Å². The first-order chi connectivity index (χ1) is 20.2. The first kappa shape index (κ1) is 34.1. The van der Waals surface area contributed by atoms with Crippen molar-refractivity contribution in [3.05, 3.63) is 59.7 Å². The van der Waals surface area contributed by atoms with E-state index in [9.17, 15) is 14.7 Å². The van der Waals surface area contributed by atoms with Gasteiger partial charge >= 0.3 is 11.9 Å². The van der Waals surface area contributed by atoms with Crippen LogP contribution in [-0.4, -0.2) is 50.1 Å². The van der Waals surface area contributed by atoms with Crippen molar-refractivity contribution in [3.63, 3.8) is 0 Å². The maximum absolute atomic E-state index is 12.3. The Hall–Kier alpha value is -2.44. The predicted molar refractivity (Wildman–Crippen MR) is 167 cm³/mol. The van der Waals surface area contributed by atoms with Crippen molar-refractivity contribution in [2.75, 3.05) is 26.9 Å². The molecule has 1 aromatic rings. The van der Waals surface area contributed by atoms with Crippen LogP contribution in [0, 0.1) is 17.8 Å². The summed E-state index contributed by atoms with van der Waals surface area (Å²) in [7, 11) is 1.49. The quantitative estimate of drug-likeness (QED) is 0.122. The summed E-state index contributed by atoms with van der Waals surface area (Å²) in [6, 6.07) is 8.47. The fourth-order valence-electron chi connectivity index (χ4n) is 6.79. The molecule has 234 valence electrons. The highest BCUT2D eigenvalue weighted by Gasteiger charge is 2.31. The smallest absolute Gasteiger partial charge is 0.336 e. The summed E-state index contributed by atoms with van der Waals surface area (Å²) in [6.07, 6.45) is 15.4. The molecule has 0 bridgehead atoms. The van der Waals surface area contributed by atoms with Crippen molar-refractivity contribution in [1.29, 1.82) is 0 Å². The number of hydrogen-bond acceptors (Lipinski definition) is 6. The Balaban J connectivity index is 1.54. The van der Waals surface area contributed by atoms with E-state index in [2.05, 4.69) is 44.3 Å². The standard InChI is InChI=1S/C36H54O6/c1-6-7-8-9-28-10-12-29(13-11-28)30-14-16-31(17-15-30)32-18-20-33(21-19-32)34(23-41-35(38)25(2)22-40-5)24-42-36(39)26(3)27(4)37/h18-21,27-31,34,37H,2-3,6-17,22-24H2,1,4-5H3. The molecule has 2 saturated carbocycles. The lowest BCUT2D eigenvalue weighted by atomic mass is 9.68. The number of methoxy groups -OCH3 is 1. The van der Waals surface area contributed by atoms with Gasteiger partial charge in [-0.2, -0.15) is 0 Å². The van der Waals surface area contributed by atoms with Gasteiger partial charge in [0.1, 0.15) is 13.2 Å². The molecule has 6 nitrogen and oxygen atoms in total. The highest BCUT2D eigenvalue weighted by Crippen LogP contribution is 2.44. The minimum absolute atomic E-state index is 0.0000873. The largest absolute Gasteiger partial charge is 0.461 e. The van der Waals surface area contributed by atoms with Gasteiger partial charge in [-0.15, -0.1) is 0 Å². The molecule has 0 amide bonds. The van der Waals surface area contributed by atoms with Crippen molar-refractivity contribution >= 4 is 11.9 Å². The molecule has 2 fully saturated rings. The normalized spacial score (nSPS) is 23.9. The Bertz CT molecular complexity index is 996. The van der Waals surface area contributed by atoms with Gasteiger partial charge in [-0.3, -0.25) is 0 Å². The predicted octanol–water partition coefficient (Wildman–Crippen LogP) is 7.66. The van der Waals surface area contributed by atoms with Crippen LogP contribution in [-0.2, 0) is 23.8 Å². The van der Waals surface area contributed by atoms with E-state index in [0.717, 1.165) is 23.3 Å². The molecule has 0 aliphatic heterocycles. The van der Waals surface area contributed by atoms with Crippen molar-refractivity contribution in [2.45, 2.75) is 109 Å². The monoisotopic (exact) mass is 582 g/mol. The Morgan fingerprint density at radius 2 is 1.45 bits per heavy atom. The molecular weight excluding hydrogens is 528 g/mol. The number of aliphatic hydroxyl groups excluding tert-OH is 1. The maximum Gasteiger partial charge on any atom is 0.336 e. The van der Waals surface area contributed by atoms with E-state index in [-0.39, 0.29) is 36.9 Å². The molecule has 2 atom stereocenters. The zero-order chi connectivity index (χ0) is 30.5. The van der Waals surface area contributed by atoms with Gasteiger partial charge in [-0.25, -0.2) is 9.59 Å². The third kappa shape index (κ3) is 10.4. The topological polar surface area (TPSA) is 82.1 Å². The summed E-state index contributed by atoms with van der Waals surface area (Å²) in [5.74, 6) is 1.78. The number of carbonyl (C=O) groups is 2. The second kappa shape index (κ2) is 17.6. The van der Waals surface area contributed by atoms with Crippen molar-refractivity contribution in [2.24, 2.45) is 17.8 Å². The molecule has 0 saturated heterocycles. The van der Waals surface area contributed by atoms with Crippen molar-refractivity contribution in [1.82, 2.24) is 0 Å². The summed E-state index contributed by atoms with van der Waals surface area (Å²) in [5.41, 5.74) is 2.48. The van der Waals surface area contributed by atoms with Crippen LogP contribution in [0.1, 0.15) is 114 Å². The number of ether oxygens (including phenoxy) is 3. The van der Waals surface area contributed by atoms with E-state index in [1.165, 1.54) is 96.6 Å². The van der Waals surface area contributed by atoms with Gasteiger partial charge in [0.25, 0.3) is 0 Å². The fourth-order valence-corrected chi connectivity index (χ4v) is 6.79. The molecular formula is C36H54O6. The Morgan fingerprint density at radius 1 is 0.881 bits per heavy atom. The lowest BCUT2D eigenvalue weighted by Gasteiger charge is -2.38. The van der Waals surface area contributed by atoms with E-state index in [1.54, 1.807) is 0 Å². The first-order valence-electron chi connectivity index (χ1n) is 16.2. The van der Waals surface area contributed by atoms with Crippen LogP contribution in [0.4, 0.5) is 0 Å². The van der Waals surface area contributed by atoms with E-state index in [4.69, 9.17) is 14.2 Å². The number of aliphatic hydroxyl groups is 1. The number of unbranched alkanes of at least 4 members (excludes halogenated alkanes) is 2. The van der Waals surface area contributed by atoms with Gasteiger partial charge in [0.2, 0.25) is 0 Å². The molecule has 42 heavy (non-hydrogen) atoms. The zero-order valence-electron chi connectivity index (χ0n) is 26.3. The summed E-state index contributed by atoms with van der Waals surface area (Å²) >= 11 is 0. The van der Waals surface area contributed by atoms with Crippen molar-refractivity contribution in [3.8, 4) is 0 Å². The van der Waals surface area contributed by atoms with Crippen molar-refractivity contribution < 1.29 is 28.9 Å². The molecule has 6 heteroatoms. The van der Waals surface area contributed by atoms with Crippen LogP contribution >= 0.6 is 0 Å². The molecule has 3 rings (SSSR count). The summed E-state index contributed by atoms with van der Waals surface area (Å²) in [5, 5.41) is 9.66. The molecule has 0 radical (unpaired) electrons. The Morgan fingerprint density at radius 3 is 2.00 bits per heavy atom. The third-order valence-corrected chi connectivity index (χ3v) is 9.63. The van der Waals surface area contributed by atoms with E-state index < -0.39 is 18.0 Å². The second-order valence-corrected chi connectivity index (χ2v) is 12.7. The van der Waals surface area contributed by atoms with E-state index in [0.29, 0.717) is 5.92 Å². The van der Waals surface area contributed by atoms with E-state index in [1.807, 2.05) is 0 Å². The summed E-state index contributed by atoms with van der Waals surface area (Å²) in [4.78, 5) is 24.6. The molecule has 0 heterocycles. The van der Waals surface area contributed by atoms with Gasteiger partial charge in [-0.1, -0.05) is 82.9 Å². The van der Waals surface area contributed by atoms with Crippen LogP contribution in [0.15, 0.2) is 48.6 Å². The third-order valence-electron chi connectivity index (χ3n) is 9.63. The Kier molecular flexibility index (Phi) is 14.3. The maximum atomic E-state index is 12.3. The van der Waals surface area contributed by atoms with Crippen LogP contribution in [0.25, 0.3) is 0 Å². The number of carbonyl (C=O) groups excluding carboxylic acids is 2. The lowest BCUT2D eigenvalue weighted by Crippen LogP contribution is -2.25. The highest BCUT2D eigenvalue weighted by atomic mass is 16.5. The SMILES string of the molecule is C=C(COC)C(=O)OCC(COC(=O)C(=C)C(C)O)c1ccc(C2CCC(C3CCC(CCCCC)CC3)CC2)cc1. The highest BCUT2D eigenvalue weighted by molar-refractivity contribution is 5.89. The van der Waals surface area contributed by atoms with Crippen LogP contribution in [0.3, 0.4) is 0 Å². The number of rotatable bonds is 16. The molecule has 0 spiro atoms. The molecule has 2 aliphatic rings. The van der Waals surface area contributed by atoms with Crippen LogP contribution in [0.2, 0.25) is 0 Å². The summed E-state index contributed by atoms with van der Waals surface area (Å²) < 4.78 is 15.9. The molecule has 2 aliphatic carbocycles. The number of esters is 2. The average Bonchev–Trinajstić information content (AvgIpc) is 3.01.